The van der Waals surface area contributed by atoms with Gasteiger partial charge in [0.1, 0.15) is 23.3 Å². The molecule has 0 unspecified atom stereocenters. The molecule has 0 aliphatic carbocycles. The molecule has 1 aliphatic heterocycles. The van der Waals surface area contributed by atoms with Gasteiger partial charge in [-0.3, -0.25) is 0 Å². The van der Waals surface area contributed by atoms with Crippen molar-refractivity contribution < 1.29 is 17.6 Å². The standard InChI is InChI=1S/C18H18F4N2/c1-11-23(16-6-4-12(19)8-14(16)21)10-18(2,3)24(11)17-7-5-13(20)9-15(17)22/h4-9,11H,10H2,1-3H3/t11-/m0/s1. The van der Waals surface area contributed by atoms with E-state index in [1.807, 2.05) is 13.8 Å². The van der Waals surface area contributed by atoms with E-state index in [0.717, 1.165) is 12.1 Å². The highest BCUT2D eigenvalue weighted by molar-refractivity contribution is 5.60. The van der Waals surface area contributed by atoms with E-state index < -0.39 is 28.8 Å². The van der Waals surface area contributed by atoms with Crippen LogP contribution in [-0.2, 0) is 0 Å². The zero-order valence-corrected chi connectivity index (χ0v) is 13.7. The van der Waals surface area contributed by atoms with Crippen molar-refractivity contribution in [2.75, 3.05) is 16.3 Å². The molecule has 1 aliphatic rings. The van der Waals surface area contributed by atoms with Gasteiger partial charge in [0.05, 0.1) is 23.1 Å². The zero-order valence-electron chi connectivity index (χ0n) is 13.7. The van der Waals surface area contributed by atoms with Crippen molar-refractivity contribution in [1.29, 1.82) is 0 Å². The summed E-state index contributed by atoms with van der Waals surface area (Å²) < 4.78 is 54.8. The van der Waals surface area contributed by atoms with Crippen LogP contribution in [0, 0.1) is 23.3 Å². The lowest BCUT2D eigenvalue weighted by Gasteiger charge is -2.36. The first kappa shape index (κ1) is 16.6. The fourth-order valence-electron chi connectivity index (χ4n) is 3.47. The maximum atomic E-state index is 14.3. The Morgan fingerprint density at radius 1 is 0.875 bits per heavy atom. The smallest absolute Gasteiger partial charge is 0.149 e. The summed E-state index contributed by atoms with van der Waals surface area (Å²) in [5.74, 6) is -2.64. The summed E-state index contributed by atoms with van der Waals surface area (Å²) in [6.45, 7) is 6.01. The van der Waals surface area contributed by atoms with E-state index in [9.17, 15) is 17.6 Å². The van der Waals surface area contributed by atoms with Gasteiger partial charge in [0.25, 0.3) is 0 Å². The van der Waals surface area contributed by atoms with Crippen LogP contribution in [0.5, 0.6) is 0 Å². The summed E-state index contributed by atoms with van der Waals surface area (Å²) in [4.78, 5) is 3.53. The molecule has 0 N–H and O–H groups in total. The van der Waals surface area contributed by atoms with Crippen molar-refractivity contribution >= 4 is 11.4 Å². The van der Waals surface area contributed by atoms with E-state index in [4.69, 9.17) is 0 Å². The Bertz CT molecular complexity index is 776. The van der Waals surface area contributed by atoms with Gasteiger partial charge in [-0.15, -0.1) is 0 Å². The monoisotopic (exact) mass is 338 g/mol. The lowest BCUT2D eigenvalue weighted by Crippen LogP contribution is -2.44. The Morgan fingerprint density at radius 3 is 1.88 bits per heavy atom. The first-order chi connectivity index (χ1) is 11.2. The van der Waals surface area contributed by atoms with Crippen LogP contribution >= 0.6 is 0 Å². The molecule has 2 aromatic carbocycles. The topological polar surface area (TPSA) is 6.48 Å². The second-order valence-corrected chi connectivity index (χ2v) is 6.63. The SMILES string of the molecule is C[C@H]1N(c2ccc(F)cc2F)CC(C)(C)N1c1ccc(F)cc1F. The Balaban J connectivity index is 2.03. The molecule has 128 valence electrons. The lowest BCUT2D eigenvalue weighted by atomic mass is 10.0. The number of hydrogen-bond donors (Lipinski definition) is 0. The Morgan fingerprint density at radius 2 is 1.38 bits per heavy atom. The van der Waals surface area contributed by atoms with Crippen LogP contribution < -0.4 is 9.80 Å². The molecule has 2 aromatic rings. The van der Waals surface area contributed by atoms with Crippen LogP contribution in [0.4, 0.5) is 28.9 Å². The highest BCUT2D eigenvalue weighted by atomic mass is 19.1. The molecule has 0 aromatic heterocycles. The van der Waals surface area contributed by atoms with Crippen molar-refractivity contribution in [1.82, 2.24) is 0 Å². The van der Waals surface area contributed by atoms with Gasteiger partial charge >= 0.3 is 0 Å². The molecule has 0 saturated carbocycles. The van der Waals surface area contributed by atoms with Gasteiger partial charge in [-0.2, -0.15) is 0 Å². The number of anilines is 2. The summed E-state index contributed by atoms with van der Waals surface area (Å²) in [5, 5.41) is 0. The van der Waals surface area contributed by atoms with Crippen LogP contribution in [0.15, 0.2) is 36.4 Å². The van der Waals surface area contributed by atoms with Gasteiger partial charge in [0, 0.05) is 18.7 Å². The summed E-state index contributed by atoms with van der Waals surface area (Å²) in [6.07, 6.45) is -0.389. The van der Waals surface area contributed by atoms with Gasteiger partial charge in [0.15, 0.2) is 0 Å². The summed E-state index contributed by atoms with van der Waals surface area (Å²) >= 11 is 0. The van der Waals surface area contributed by atoms with Crippen LogP contribution in [0.3, 0.4) is 0 Å². The molecule has 6 heteroatoms. The Hall–Kier alpha value is -2.24. The minimum Gasteiger partial charge on any atom is -0.347 e. The van der Waals surface area contributed by atoms with Crippen molar-refractivity contribution in [3.63, 3.8) is 0 Å². The normalized spacial score (nSPS) is 19.9. The maximum absolute atomic E-state index is 14.3. The quantitative estimate of drug-likeness (QED) is 0.733. The number of rotatable bonds is 2. The predicted molar refractivity (Wildman–Crippen MR) is 86.1 cm³/mol. The molecule has 1 saturated heterocycles. The van der Waals surface area contributed by atoms with Gasteiger partial charge in [-0.05, 0) is 45.0 Å². The third-order valence-corrected chi connectivity index (χ3v) is 4.42. The molecule has 0 radical (unpaired) electrons. The van der Waals surface area contributed by atoms with Gasteiger partial charge in [-0.1, -0.05) is 0 Å². The molecular weight excluding hydrogens is 320 g/mol. The van der Waals surface area contributed by atoms with E-state index in [1.165, 1.54) is 24.3 Å². The van der Waals surface area contributed by atoms with Crippen molar-refractivity contribution in [3.8, 4) is 0 Å². The number of benzene rings is 2. The first-order valence-corrected chi connectivity index (χ1v) is 7.67. The Labute approximate surface area is 138 Å². The molecule has 0 spiro atoms. The second kappa shape index (κ2) is 5.69. The highest BCUT2D eigenvalue weighted by Gasteiger charge is 2.44. The van der Waals surface area contributed by atoms with Crippen molar-refractivity contribution in [2.45, 2.75) is 32.5 Å². The molecule has 1 fully saturated rings. The van der Waals surface area contributed by atoms with Crippen molar-refractivity contribution in [3.05, 3.63) is 59.7 Å². The third kappa shape index (κ3) is 2.70. The molecule has 0 amide bonds. The third-order valence-electron chi connectivity index (χ3n) is 4.42. The average molecular weight is 338 g/mol. The minimum atomic E-state index is -0.670. The average Bonchev–Trinajstić information content (AvgIpc) is 2.70. The van der Waals surface area contributed by atoms with Gasteiger partial charge < -0.3 is 9.80 Å². The fourth-order valence-corrected chi connectivity index (χ4v) is 3.47. The molecule has 3 rings (SSSR count). The highest BCUT2D eigenvalue weighted by Crippen LogP contribution is 2.39. The van der Waals surface area contributed by atoms with Crippen LogP contribution in [0.1, 0.15) is 20.8 Å². The largest absolute Gasteiger partial charge is 0.347 e. The van der Waals surface area contributed by atoms with E-state index in [0.29, 0.717) is 6.54 Å². The molecule has 1 heterocycles. The van der Waals surface area contributed by atoms with E-state index in [-0.39, 0.29) is 17.5 Å². The van der Waals surface area contributed by atoms with Gasteiger partial charge in [-0.25, -0.2) is 17.6 Å². The molecule has 1 atom stereocenters. The fraction of sp³-hybridized carbons (Fsp3) is 0.333. The van der Waals surface area contributed by atoms with Gasteiger partial charge in [0.2, 0.25) is 0 Å². The predicted octanol–water partition coefficient (Wildman–Crippen LogP) is 4.69. The molecule has 24 heavy (non-hydrogen) atoms. The molecule has 2 nitrogen and oxygen atoms in total. The lowest BCUT2D eigenvalue weighted by molar-refractivity contribution is 0.512. The minimum absolute atomic E-state index is 0.249. The first-order valence-electron chi connectivity index (χ1n) is 7.67. The molecular formula is C18H18F4N2. The van der Waals surface area contributed by atoms with Crippen LogP contribution in [0.2, 0.25) is 0 Å². The number of nitrogens with zero attached hydrogens (tertiary/aromatic N) is 2. The van der Waals surface area contributed by atoms with E-state index in [2.05, 4.69) is 0 Å². The summed E-state index contributed by atoms with van der Waals surface area (Å²) in [5.41, 5.74) is -0.0280. The molecule has 0 bridgehead atoms. The van der Waals surface area contributed by atoms with Crippen LogP contribution in [-0.4, -0.2) is 18.2 Å². The van der Waals surface area contributed by atoms with Crippen LogP contribution in [0.25, 0.3) is 0 Å². The second-order valence-electron chi connectivity index (χ2n) is 6.63. The van der Waals surface area contributed by atoms with Crippen molar-refractivity contribution in [2.24, 2.45) is 0 Å². The zero-order chi connectivity index (χ0) is 17.6. The Kier molecular flexibility index (Phi) is 3.94. The number of hydrogen-bond acceptors (Lipinski definition) is 2. The summed E-state index contributed by atoms with van der Waals surface area (Å²) in [6, 6.07) is 6.81. The summed E-state index contributed by atoms with van der Waals surface area (Å²) in [7, 11) is 0. The van der Waals surface area contributed by atoms with E-state index in [1.54, 1.807) is 16.7 Å². The van der Waals surface area contributed by atoms with E-state index >= 15 is 0 Å². The maximum Gasteiger partial charge on any atom is 0.149 e. The number of halogens is 4.